The van der Waals surface area contributed by atoms with Gasteiger partial charge in [0.1, 0.15) is 5.76 Å². The van der Waals surface area contributed by atoms with E-state index in [9.17, 15) is 38.0 Å². The van der Waals surface area contributed by atoms with Crippen molar-refractivity contribution in [1.82, 2.24) is 4.90 Å². The number of non-ortho nitro benzene ring substituents is 1. The van der Waals surface area contributed by atoms with Crippen LogP contribution >= 0.6 is 11.3 Å². The van der Waals surface area contributed by atoms with Crippen molar-refractivity contribution in [2.45, 2.75) is 18.8 Å². The molecule has 0 aliphatic carbocycles. The van der Waals surface area contributed by atoms with Gasteiger partial charge < -0.3 is 10.0 Å². The van der Waals surface area contributed by atoms with Crippen molar-refractivity contribution in [3.8, 4) is 0 Å². The van der Waals surface area contributed by atoms with Crippen molar-refractivity contribution in [1.29, 1.82) is 0 Å². The lowest BCUT2D eigenvalue weighted by atomic mass is 9.99. The number of carbonyl (C=O) groups excluding carboxylic acids is 2. The van der Waals surface area contributed by atoms with Crippen molar-refractivity contribution >= 4 is 34.5 Å². The molecular formula is C23H15F3N2O5S. The Balaban J connectivity index is 1.81. The molecule has 174 valence electrons. The molecule has 2 aromatic carbocycles. The van der Waals surface area contributed by atoms with Crippen molar-refractivity contribution in [2.24, 2.45) is 0 Å². The van der Waals surface area contributed by atoms with E-state index in [0.29, 0.717) is 4.88 Å². The number of amides is 1. The van der Waals surface area contributed by atoms with Crippen molar-refractivity contribution in [2.75, 3.05) is 0 Å². The number of rotatable bonds is 5. The molecule has 1 unspecified atom stereocenters. The zero-order chi connectivity index (χ0) is 24.6. The molecule has 2 heterocycles. The molecule has 0 bridgehead atoms. The van der Waals surface area contributed by atoms with Crippen LogP contribution in [0.25, 0.3) is 5.76 Å². The first-order valence-corrected chi connectivity index (χ1v) is 10.7. The fourth-order valence-electron chi connectivity index (χ4n) is 3.75. The number of nitro benzene ring substituents is 1. The van der Waals surface area contributed by atoms with Crippen LogP contribution in [0.15, 0.2) is 71.6 Å². The molecule has 3 aromatic rings. The van der Waals surface area contributed by atoms with Crippen LogP contribution in [0.1, 0.15) is 27.6 Å². The summed E-state index contributed by atoms with van der Waals surface area (Å²) in [6, 6.07) is 11.6. The predicted octanol–water partition coefficient (Wildman–Crippen LogP) is 5.30. The van der Waals surface area contributed by atoms with Gasteiger partial charge in [0.2, 0.25) is 0 Å². The van der Waals surface area contributed by atoms with Gasteiger partial charge in [-0.05, 0) is 29.1 Å². The van der Waals surface area contributed by atoms with E-state index in [1.54, 1.807) is 17.5 Å². The molecule has 0 radical (unpaired) electrons. The number of aliphatic hydroxyl groups excluding tert-OH is 1. The number of carbonyl (C=O) groups is 2. The Morgan fingerprint density at radius 3 is 2.47 bits per heavy atom. The largest absolute Gasteiger partial charge is 0.507 e. The second-order valence-electron chi connectivity index (χ2n) is 7.45. The number of Topliss-reactive ketones (excluding diaryl/α,β-unsaturated/α-hetero) is 1. The predicted molar refractivity (Wildman–Crippen MR) is 117 cm³/mol. The van der Waals surface area contributed by atoms with Gasteiger partial charge in [-0.3, -0.25) is 19.7 Å². The molecule has 1 saturated heterocycles. The second kappa shape index (κ2) is 8.75. The van der Waals surface area contributed by atoms with Crippen molar-refractivity contribution < 1.29 is 32.8 Å². The number of benzene rings is 2. The molecule has 1 N–H and O–H groups in total. The van der Waals surface area contributed by atoms with Gasteiger partial charge in [-0.2, -0.15) is 13.2 Å². The topological polar surface area (TPSA) is 101 Å². The van der Waals surface area contributed by atoms with Crippen LogP contribution in [0.4, 0.5) is 18.9 Å². The summed E-state index contributed by atoms with van der Waals surface area (Å²) < 4.78 is 39.4. The minimum absolute atomic E-state index is 0.0344. The molecule has 1 aromatic heterocycles. The number of nitro groups is 1. The lowest BCUT2D eigenvalue weighted by molar-refractivity contribution is -0.384. The molecule has 1 fully saturated rings. The van der Waals surface area contributed by atoms with Gasteiger partial charge in [-0.25, -0.2) is 0 Å². The highest BCUT2D eigenvalue weighted by molar-refractivity contribution is 7.10. The smallest absolute Gasteiger partial charge is 0.416 e. The van der Waals surface area contributed by atoms with Gasteiger partial charge >= 0.3 is 6.18 Å². The summed E-state index contributed by atoms with van der Waals surface area (Å²) >= 11 is 1.19. The quantitative estimate of drug-likeness (QED) is 0.173. The maximum atomic E-state index is 13.1. The summed E-state index contributed by atoms with van der Waals surface area (Å²) in [6.07, 6.45) is -4.58. The highest BCUT2D eigenvalue weighted by atomic mass is 32.1. The third-order valence-electron chi connectivity index (χ3n) is 5.29. The number of nitrogens with zero attached hydrogens (tertiary/aromatic N) is 2. The molecule has 11 heteroatoms. The first kappa shape index (κ1) is 23.2. The lowest BCUT2D eigenvalue weighted by Gasteiger charge is -2.24. The Labute approximate surface area is 194 Å². The van der Waals surface area contributed by atoms with Crippen molar-refractivity contribution in [3.05, 3.63) is 103 Å². The van der Waals surface area contributed by atoms with E-state index in [1.807, 2.05) is 0 Å². The number of halogens is 3. The monoisotopic (exact) mass is 488 g/mol. The Morgan fingerprint density at radius 1 is 1.09 bits per heavy atom. The fourth-order valence-corrected chi connectivity index (χ4v) is 4.60. The van der Waals surface area contributed by atoms with Crippen LogP contribution in [-0.4, -0.2) is 26.6 Å². The van der Waals surface area contributed by atoms with Gasteiger partial charge in [0.15, 0.2) is 0 Å². The lowest BCUT2D eigenvalue weighted by Crippen LogP contribution is -2.29. The number of alkyl halides is 3. The maximum absolute atomic E-state index is 13.1. The Bertz CT molecular complexity index is 1320. The first-order chi connectivity index (χ1) is 16.1. The molecule has 1 atom stereocenters. The second-order valence-corrected chi connectivity index (χ2v) is 8.43. The third kappa shape index (κ3) is 4.29. The minimum atomic E-state index is -4.58. The third-order valence-corrected chi connectivity index (χ3v) is 6.22. The van der Waals surface area contributed by atoms with Crippen LogP contribution < -0.4 is 0 Å². The summed E-state index contributed by atoms with van der Waals surface area (Å²) in [7, 11) is 0. The molecule has 7 nitrogen and oxygen atoms in total. The molecule has 1 amide bonds. The zero-order valence-electron chi connectivity index (χ0n) is 17.2. The van der Waals surface area contributed by atoms with Crippen LogP contribution in [-0.2, 0) is 22.3 Å². The molecule has 1 aliphatic rings. The molecular weight excluding hydrogens is 473 g/mol. The van der Waals surface area contributed by atoms with Crippen LogP contribution in [0.5, 0.6) is 0 Å². The van der Waals surface area contributed by atoms with E-state index in [4.69, 9.17) is 0 Å². The Morgan fingerprint density at radius 2 is 1.82 bits per heavy atom. The first-order valence-electron chi connectivity index (χ1n) is 9.80. The maximum Gasteiger partial charge on any atom is 0.416 e. The standard InChI is InChI=1S/C23H15F3N2O5S/c24-23(25,26)15-6-1-4-13(10-15)12-27-19(17-8-3-9-34-17)18(21(30)22(27)31)20(29)14-5-2-7-16(11-14)28(32)33/h1-11,19,29H,12H2/b20-18-. The molecule has 34 heavy (non-hydrogen) atoms. The Kier molecular flexibility index (Phi) is 5.96. The molecule has 0 saturated carbocycles. The average Bonchev–Trinajstić information content (AvgIpc) is 3.41. The Hall–Kier alpha value is -3.99. The summed E-state index contributed by atoms with van der Waals surface area (Å²) in [4.78, 5) is 37.9. The highest BCUT2D eigenvalue weighted by Crippen LogP contribution is 2.42. The van der Waals surface area contributed by atoms with E-state index < -0.39 is 40.2 Å². The molecule has 0 spiro atoms. The van der Waals surface area contributed by atoms with E-state index >= 15 is 0 Å². The van der Waals surface area contributed by atoms with Gasteiger partial charge in [0, 0.05) is 29.1 Å². The van der Waals surface area contributed by atoms with Crippen LogP contribution in [0, 0.1) is 10.1 Å². The summed E-state index contributed by atoms with van der Waals surface area (Å²) in [5.74, 6) is -2.64. The SMILES string of the molecule is O=C1C(=O)N(Cc2cccc(C(F)(F)F)c2)C(c2cccs2)/C1=C(/O)c1cccc([N+](=O)[O-])c1. The summed E-state index contributed by atoms with van der Waals surface area (Å²) in [6.45, 7) is -0.317. The number of hydrogen-bond donors (Lipinski definition) is 1. The average molecular weight is 488 g/mol. The molecule has 4 rings (SSSR count). The van der Waals surface area contributed by atoms with Crippen LogP contribution in [0.3, 0.4) is 0 Å². The van der Waals surface area contributed by atoms with Crippen molar-refractivity contribution in [3.63, 3.8) is 0 Å². The highest BCUT2D eigenvalue weighted by Gasteiger charge is 2.46. The normalized spacial score (nSPS) is 17.9. The molecule has 1 aliphatic heterocycles. The number of likely N-dealkylation sites (tertiary alicyclic amines) is 1. The number of ketones is 1. The van der Waals surface area contributed by atoms with Gasteiger partial charge in [0.25, 0.3) is 17.4 Å². The van der Waals surface area contributed by atoms with E-state index in [2.05, 4.69) is 0 Å². The minimum Gasteiger partial charge on any atom is -0.507 e. The summed E-state index contributed by atoms with van der Waals surface area (Å²) in [5.41, 5.74) is -1.40. The fraction of sp³-hybridized carbons (Fsp3) is 0.130. The van der Waals surface area contributed by atoms with Crippen LogP contribution in [0.2, 0.25) is 0 Å². The van der Waals surface area contributed by atoms with E-state index in [0.717, 1.165) is 23.1 Å². The number of aliphatic hydroxyl groups is 1. The summed E-state index contributed by atoms with van der Waals surface area (Å²) in [5, 5.41) is 23.7. The van der Waals surface area contributed by atoms with E-state index in [-0.39, 0.29) is 28.9 Å². The number of thiophene rings is 1. The van der Waals surface area contributed by atoms with Gasteiger partial charge in [0.05, 0.1) is 22.1 Å². The number of hydrogen-bond acceptors (Lipinski definition) is 6. The van der Waals surface area contributed by atoms with Gasteiger partial charge in [-0.1, -0.05) is 30.3 Å². The van der Waals surface area contributed by atoms with E-state index in [1.165, 1.54) is 41.7 Å². The van der Waals surface area contributed by atoms with Gasteiger partial charge in [-0.15, -0.1) is 11.3 Å². The zero-order valence-corrected chi connectivity index (χ0v) is 18.0.